The quantitative estimate of drug-likeness (QED) is 0.581. The van der Waals surface area contributed by atoms with Crippen LogP contribution in [0.1, 0.15) is 19.8 Å². The number of nitrogens with one attached hydrogen (secondary N) is 1. The molecule has 0 radical (unpaired) electrons. The molecule has 1 aromatic rings. The molecule has 3 rings (SSSR count). The number of anilines is 2. The number of piperazine rings is 1. The van der Waals surface area contributed by atoms with Gasteiger partial charge in [0.2, 0.25) is 11.6 Å². The van der Waals surface area contributed by atoms with Gasteiger partial charge in [0.1, 0.15) is 6.33 Å². The third kappa shape index (κ3) is 4.58. The minimum Gasteiger partial charge on any atom is -0.450 e. The fourth-order valence-corrected chi connectivity index (χ4v) is 3.51. The van der Waals surface area contributed by atoms with Gasteiger partial charge in [0.05, 0.1) is 11.5 Å². The first kappa shape index (κ1) is 20.1. The Hall–Kier alpha value is -2.69. The Bertz CT molecular complexity index is 701. The Kier molecular flexibility index (Phi) is 6.45. The zero-order chi connectivity index (χ0) is 20.1. The summed E-state index contributed by atoms with van der Waals surface area (Å²) in [6.45, 7) is 6.24. The van der Waals surface area contributed by atoms with Crippen molar-refractivity contribution in [2.45, 2.75) is 25.8 Å². The van der Waals surface area contributed by atoms with E-state index >= 15 is 0 Å². The fraction of sp³-hybridized carbons (Fsp3) is 0.706. The molecule has 1 amide bonds. The Morgan fingerprint density at radius 2 is 1.93 bits per heavy atom. The molecule has 3 heterocycles. The molecule has 2 fully saturated rings. The summed E-state index contributed by atoms with van der Waals surface area (Å²) in [5.41, 5.74) is -0.0834. The monoisotopic (exact) mass is 393 g/mol. The number of aromatic nitrogens is 2. The molecule has 0 spiro atoms. The molecule has 0 saturated carbocycles. The summed E-state index contributed by atoms with van der Waals surface area (Å²) in [6, 6.07) is -0.000356. The van der Waals surface area contributed by atoms with E-state index in [-0.39, 0.29) is 23.6 Å². The molecule has 0 aliphatic carbocycles. The van der Waals surface area contributed by atoms with Gasteiger partial charge in [0, 0.05) is 45.3 Å². The first-order chi connectivity index (χ1) is 13.5. The molecule has 2 aliphatic heterocycles. The zero-order valence-corrected chi connectivity index (χ0v) is 16.3. The second-order valence-corrected chi connectivity index (χ2v) is 7.05. The lowest BCUT2D eigenvalue weighted by atomic mass is 10.1. The molecule has 1 N–H and O–H groups in total. The second kappa shape index (κ2) is 9.00. The predicted octanol–water partition coefficient (Wildman–Crippen LogP) is 1.17. The van der Waals surface area contributed by atoms with Gasteiger partial charge in [-0.2, -0.15) is 0 Å². The Labute approximate surface area is 163 Å². The highest BCUT2D eigenvalue weighted by atomic mass is 16.6. The molecule has 2 saturated heterocycles. The van der Waals surface area contributed by atoms with Gasteiger partial charge in [-0.3, -0.25) is 10.1 Å². The van der Waals surface area contributed by atoms with E-state index < -0.39 is 4.92 Å². The lowest BCUT2D eigenvalue weighted by Gasteiger charge is -2.33. The minimum absolute atomic E-state index is 0.000356. The summed E-state index contributed by atoms with van der Waals surface area (Å²) in [5, 5.41) is 15.0. The number of nitro groups is 1. The number of hydrogen-bond acceptors (Lipinski definition) is 9. The number of carbonyl (C=O) groups is 1. The molecule has 11 heteroatoms. The van der Waals surface area contributed by atoms with Crippen LogP contribution in [-0.4, -0.2) is 89.7 Å². The number of nitrogens with zero attached hydrogens (tertiary/aromatic N) is 6. The molecule has 0 unspecified atom stereocenters. The van der Waals surface area contributed by atoms with E-state index in [1.165, 1.54) is 6.33 Å². The third-order valence-corrected chi connectivity index (χ3v) is 5.15. The molecule has 0 atom stereocenters. The Balaban J connectivity index is 1.70. The summed E-state index contributed by atoms with van der Waals surface area (Å²) in [6.07, 6.45) is 2.40. The minimum atomic E-state index is -0.413. The smallest absolute Gasteiger partial charge is 0.409 e. The van der Waals surface area contributed by atoms with Crippen LogP contribution < -0.4 is 10.2 Å². The van der Waals surface area contributed by atoms with Crippen LogP contribution in [0.15, 0.2) is 6.33 Å². The molecule has 2 aliphatic rings. The van der Waals surface area contributed by atoms with Crippen LogP contribution in [0.5, 0.6) is 0 Å². The largest absolute Gasteiger partial charge is 0.450 e. The SMILES string of the molecule is CCOC(=O)N1CCC(Nc2ncnc(N3CCN(C)CC3)c2[N+](=O)[O-])CC1. The molecular weight excluding hydrogens is 366 g/mol. The first-order valence-electron chi connectivity index (χ1n) is 9.60. The van der Waals surface area contributed by atoms with E-state index in [4.69, 9.17) is 4.74 Å². The van der Waals surface area contributed by atoms with E-state index in [2.05, 4.69) is 20.2 Å². The molecule has 0 aromatic carbocycles. The van der Waals surface area contributed by atoms with E-state index in [9.17, 15) is 14.9 Å². The summed E-state index contributed by atoms with van der Waals surface area (Å²) in [7, 11) is 2.03. The average molecular weight is 393 g/mol. The number of piperidine rings is 1. The van der Waals surface area contributed by atoms with Crippen molar-refractivity contribution < 1.29 is 14.5 Å². The first-order valence-corrected chi connectivity index (χ1v) is 9.60. The van der Waals surface area contributed by atoms with Crippen LogP contribution in [0, 0.1) is 10.1 Å². The maximum Gasteiger partial charge on any atom is 0.409 e. The lowest BCUT2D eigenvalue weighted by molar-refractivity contribution is -0.383. The zero-order valence-electron chi connectivity index (χ0n) is 16.3. The standard InChI is InChI=1S/C17H27N7O4/c1-3-28-17(25)23-6-4-13(5-7-23)20-15-14(24(26)27)16(19-12-18-15)22-10-8-21(2)9-11-22/h12-13H,3-11H2,1-2H3,(H,18,19,20). The highest BCUT2D eigenvalue weighted by Crippen LogP contribution is 2.33. The number of hydrogen-bond donors (Lipinski definition) is 1. The van der Waals surface area contributed by atoms with Crippen LogP contribution in [0.3, 0.4) is 0 Å². The third-order valence-electron chi connectivity index (χ3n) is 5.15. The van der Waals surface area contributed by atoms with Crippen molar-refractivity contribution in [2.75, 3.05) is 63.1 Å². The Morgan fingerprint density at radius 3 is 2.54 bits per heavy atom. The topological polar surface area (TPSA) is 117 Å². The van der Waals surface area contributed by atoms with Gasteiger partial charge in [0.15, 0.2) is 0 Å². The maximum atomic E-state index is 11.8. The Morgan fingerprint density at radius 1 is 1.25 bits per heavy atom. The van der Waals surface area contributed by atoms with Crippen LogP contribution in [0.4, 0.5) is 22.1 Å². The number of carbonyl (C=O) groups excluding carboxylic acids is 1. The normalized spacial score (nSPS) is 18.8. The molecule has 154 valence electrons. The van der Waals surface area contributed by atoms with Crippen molar-refractivity contribution in [3.8, 4) is 0 Å². The van der Waals surface area contributed by atoms with Gasteiger partial charge in [-0.05, 0) is 26.8 Å². The van der Waals surface area contributed by atoms with Crippen LogP contribution in [0.25, 0.3) is 0 Å². The highest BCUT2D eigenvalue weighted by molar-refractivity contribution is 5.71. The van der Waals surface area contributed by atoms with E-state index in [0.29, 0.717) is 51.4 Å². The summed E-state index contributed by atoms with van der Waals surface area (Å²) >= 11 is 0. The van der Waals surface area contributed by atoms with Gasteiger partial charge in [0.25, 0.3) is 0 Å². The van der Waals surface area contributed by atoms with Crippen molar-refractivity contribution in [3.63, 3.8) is 0 Å². The molecule has 1 aromatic heterocycles. The molecule has 0 bridgehead atoms. The summed E-state index contributed by atoms with van der Waals surface area (Å²) in [5.74, 6) is 0.600. The van der Waals surface area contributed by atoms with E-state index in [0.717, 1.165) is 13.1 Å². The second-order valence-electron chi connectivity index (χ2n) is 7.05. The predicted molar refractivity (Wildman–Crippen MR) is 104 cm³/mol. The van der Waals surface area contributed by atoms with Crippen LogP contribution >= 0.6 is 0 Å². The number of ether oxygens (including phenoxy) is 1. The van der Waals surface area contributed by atoms with E-state index in [1.807, 2.05) is 11.9 Å². The number of rotatable bonds is 5. The van der Waals surface area contributed by atoms with Gasteiger partial charge in [-0.25, -0.2) is 14.8 Å². The van der Waals surface area contributed by atoms with Gasteiger partial charge in [-0.1, -0.05) is 0 Å². The number of amides is 1. The van der Waals surface area contributed by atoms with E-state index in [1.54, 1.807) is 11.8 Å². The highest BCUT2D eigenvalue weighted by Gasteiger charge is 2.31. The van der Waals surface area contributed by atoms with Crippen molar-refractivity contribution >= 4 is 23.4 Å². The summed E-state index contributed by atoms with van der Waals surface area (Å²) < 4.78 is 5.02. The van der Waals surface area contributed by atoms with Crippen molar-refractivity contribution in [3.05, 3.63) is 16.4 Å². The van der Waals surface area contributed by atoms with Crippen molar-refractivity contribution in [2.24, 2.45) is 0 Å². The van der Waals surface area contributed by atoms with Gasteiger partial charge >= 0.3 is 11.8 Å². The van der Waals surface area contributed by atoms with Crippen molar-refractivity contribution in [1.29, 1.82) is 0 Å². The number of likely N-dealkylation sites (N-methyl/N-ethyl adjacent to an activating group) is 1. The fourth-order valence-electron chi connectivity index (χ4n) is 3.51. The average Bonchev–Trinajstić information content (AvgIpc) is 2.69. The number of likely N-dealkylation sites (tertiary alicyclic amines) is 1. The van der Waals surface area contributed by atoms with Gasteiger partial charge in [-0.15, -0.1) is 0 Å². The summed E-state index contributed by atoms with van der Waals surface area (Å²) in [4.78, 5) is 37.3. The van der Waals surface area contributed by atoms with Crippen molar-refractivity contribution in [1.82, 2.24) is 19.8 Å². The molecule has 11 nitrogen and oxygen atoms in total. The maximum absolute atomic E-state index is 11.8. The lowest BCUT2D eigenvalue weighted by Crippen LogP contribution is -2.45. The van der Waals surface area contributed by atoms with Crippen LogP contribution in [0.2, 0.25) is 0 Å². The van der Waals surface area contributed by atoms with Crippen LogP contribution in [-0.2, 0) is 4.74 Å². The van der Waals surface area contributed by atoms with Gasteiger partial charge < -0.3 is 24.8 Å². The molecule has 28 heavy (non-hydrogen) atoms. The molecular formula is C17H27N7O4.